The Morgan fingerprint density at radius 2 is 2.03 bits per heavy atom. The van der Waals surface area contributed by atoms with Crippen molar-refractivity contribution in [2.75, 3.05) is 19.3 Å². The van der Waals surface area contributed by atoms with Crippen molar-refractivity contribution < 1.29 is 23.1 Å². The van der Waals surface area contributed by atoms with Gasteiger partial charge in [0.1, 0.15) is 17.2 Å². The summed E-state index contributed by atoms with van der Waals surface area (Å²) in [5.41, 5.74) is 3.31. The molecule has 36 heavy (non-hydrogen) atoms. The SMILES string of the molecule is CC(=O)N1CCC(c2nc(S(C)(=O)=O)ccc2Oc2ccc3[nH]c(-c4cnc(CO)cn4)cc3c2)C1. The minimum absolute atomic E-state index is 0.0230. The lowest BCUT2D eigenvalue weighted by molar-refractivity contribution is -0.127. The van der Waals surface area contributed by atoms with Crippen LogP contribution in [0.2, 0.25) is 0 Å². The zero-order chi connectivity index (χ0) is 25.4. The fraction of sp³-hybridized carbons (Fsp3) is 0.280. The number of fused-ring (bicyclic) bond motifs is 1. The number of aromatic nitrogens is 4. The number of hydrogen-bond donors (Lipinski definition) is 2. The predicted molar refractivity (Wildman–Crippen MR) is 132 cm³/mol. The molecule has 11 heteroatoms. The number of hydrogen-bond acceptors (Lipinski definition) is 8. The molecule has 0 bridgehead atoms. The zero-order valence-electron chi connectivity index (χ0n) is 19.8. The van der Waals surface area contributed by atoms with Gasteiger partial charge in [0.25, 0.3) is 0 Å². The summed E-state index contributed by atoms with van der Waals surface area (Å²) in [6, 6.07) is 10.6. The van der Waals surface area contributed by atoms with Crippen LogP contribution in [0, 0.1) is 0 Å². The molecule has 1 unspecified atom stereocenters. The van der Waals surface area contributed by atoms with Crippen LogP contribution in [-0.4, -0.2) is 63.6 Å². The number of H-pyrrole nitrogens is 1. The first kappa shape index (κ1) is 23.9. The summed E-state index contributed by atoms with van der Waals surface area (Å²) in [7, 11) is -3.51. The van der Waals surface area contributed by atoms with Gasteiger partial charge in [-0.25, -0.2) is 13.4 Å². The Hall–Kier alpha value is -3.83. The van der Waals surface area contributed by atoms with Crippen molar-refractivity contribution in [1.82, 2.24) is 24.8 Å². The normalized spacial score (nSPS) is 16.0. The van der Waals surface area contributed by atoms with Crippen molar-refractivity contribution >= 4 is 26.6 Å². The number of benzene rings is 1. The van der Waals surface area contributed by atoms with Gasteiger partial charge in [-0.15, -0.1) is 0 Å². The Balaban J connectivity index is 1.47. The smallest absolute Gasteiger partial charge is 0.219 e. The topological polar surface area (TPSA) is 138 Å². The number of nitrogens with one attached hydrogen (secondary N) is 1. The van der Waals surface area contributed by atoms with Crippen LogP contribution < -0.4 is 4.74 Å². The van der Waals surface area contributed by atoms with E-state index in [1.165, 1.54) is 19.2 Å². The third-order valence-corrected chi connectivity index (χ3v) is 7.21. The van der Waals surface area contributed by atoms with Crippen molar-refractivity contribution in [2.24, 2.45) is 0 Å². The first-order valence-corrected chi connectivity index (χ1v) is 13.3. The molecule has 4 heterocycles. The van der Waals surface area contributed by atoms with E-state index >= 15 is 0 Å². The van der Waals surface area contributed by atoms with Crippen LogP contribution in [-0.2, 0) is 21.2 Å². The number of sulfone groups is 1. The summed E-state index contributed by atoms with van der Waals surface area (Å²) in [5.74, 6) is 0.863. The third-order valence-electron chi connectivity index (χ3n) is 6.22. The molecule has 1 aliphatic rings. The standard InChI is InChI=1S/C25H25N5O5S/c1-15(32)30-8-7-16(13-30)25-23(5-6-24(29-25)36(2,33)34)35-19-3-4-20-17(9-19)10-21(28-20)22-12-26-18(14-31)11-27-22/h3-6,9-12,16,28,31H,7-8,13-14H2,1-2H3. The summed E-state index contributed by atoms with van der Waals surface area (Å²) in [4.78, 5) is 29.8. The van der Waals surface area contributed by atoms with Gasteiger partial charge >= 0.3 is 0 Å². The van der Waals surface area contributed by atoms with E-state index in [0.29, 0.717) is 48.1 Å². The molecule has 1 saturated heterocycles. The Labute approximate surface area is 207 Å². The minimum Gasteiger partial charge on any atom is -0.455 e. The number of carbonyl (C=O) groups is 1. The molecule has 0 aliphatic carbocycles. The molecule has 10 nitrogen and oxygen atoms in total. The maximum atomic E-state index is 12.2. The lowest BCUT2D eigenvalue weighted by Gasteiger charge is -2.17. The van der Waals surface area contributed by atoms with Gasteiger partial charge in [-0.05, 0) is 42.8 Å². The van der Waals surface area contributed by atoms with Crippen molar-refractivity contribution in [3.05, 3.63) is 60.2 Å². The highest BCUT2D eigenvalue weighted by Crippen LogP contribution is 2.36. The molecule has 1 amide bonds. The second-order valence-electron chi connectivity index (χ2n) is 8.84. The van der Waals surface area contributed by atoms with Crippen molar-refractivity contribution in [1.29, 1.82) is 0 Å². The Kier molecular flexibility index (Phi) is 6.19. The van der Waals surface area contributed by atoms with Gasteiger partial charge in [-0.2, -0.15) is 0 Å². The zero-order valence-corrected chi connectivity index (χ0v) is 20.6. The van der Waals surface area contributed by atoms with Gasteiger partial charge in [0.2, 0.25) is 5.91 Å². The van der Waals surface area contributed by atoms with Crippen LogP contribution in [0.1, 0.15) is 30.7 Å². The molecule has 0 radical (unpaired) electrons. The van der Waals surface area contributed by atoms with Crippen molar-refractivity contribution in [3.63, 3.8) is 0 Å². The Bertz CT molecular complexity index is 1550. The Morgan fingerprint density at radius 1 is 1.19 bits per heavy atom. The first-order chi connectivity index (χ1) is 17.2. The fourth-order valence-corrected chi connectivity index (χ4v) is 4.89. The predicted octanol–water partition coefficient (Wildman–Crippen LogP) is 3.04. The summed E-state index contributed by atoms with van der Waals surface area (Å²) in [5, 5.41) is 10.0. The molecule has 0 saturated carbocycles. The number of nitrogens with zero attached hydrogens (tertiary/aromatic N) is 4. The first-order valence-electron chi connectivity index (χ1n) is 11.4. The number of carbonyl (C=O) groups excluding carboxylic acids is 1. The third kappa shape index (κ3) is 4.79. The van der Waals surface area contributed by atoms with Gasteiger partial charge in [-0.1, -0.05) is 0 Å². The summed E-state index contributed by atoms with van der Waals surface area (Å²) in [6.45, 7) is 2.40. The van der Waals surface area contributed by atoms with Crippen LogP contribution >= 0.6 is 0 Å². The van der Waals surface area contributed by atoms with E-state index in [0.717, 1.165) is 22.9 Å². The van der Waals surface area contributed by atoms with Crippen LogP contribution in [0.25, 0.3) is 22.3 Å². The lowest BCUT2D eigenvalue weighted by atomic mass is 10.0. The highest BCUT2D eigenvalue weighted by Gasteiger charge is 2.30. The largest absolute Gasteiger partial charge is 0.455 e. The number of rotatable bonds is 6. The number of likely N-dealkylation sites (tertiary alicyclic amines) is 1. The summed E-state index contributed by atoms with van der Waals surface area (Å²) >= 11 is 0. The van der Waals surface area contributed by atoms with Gasteiger partial charge in [0, 0.05) is 43.1 Å². The molecule has 4 aromatic rings. The fourth-order valence-electron chi connectivity index (χ4n) is 4.31. The molecule has 5 rings (SSSR count). The van der Waals surface area contributed by atoms with E-state index in [2.05, 4.69) is 19.9 Å². The van der Waals surface area contributed by atoms with Crippen molar-refractivity contribution in [3.8, 4) is 22.9 Å². The molecule has 1 atom stereocenters. The number of aromatic amines is 1. The van der Waals surface area contributed by atoms with Gasteiger partial charge in [0.15, 0.2) is 14.9 Å². The van der Waals surface area contributed by atoms with Gasteiger partial charge in [0.05, 0.1) is 36.1 Å². The van der Waals surface area contributed by atoms with E-state index < -0.39 is 9.84 Å². The molecular weight excluding hydrogens is 482 g/mol. The summed E-state index contributed by atoms with van der Waals surface area (Å²) < 4.78 is 30.5. The maximum Gasteiger partial charge on any atom is 0.219 e. The molecule has 186 valence electrons. The van der Waals surface area contributed by atoms with Gasteiger partial charge < -0.3 is 19.7 Å². The lowest BCUT2D eigenvalue weighted by Crippen LogP contribution is -2.25. The number of pyridine rings is 1. The van der Waals surface area contributed by atoms with Crippen LogP contribution in [0.3, 0.4) is 0 Å². The van der Waals surface area contributed by atoms with Crippen LogP contribution in [0.5, 0.6) is 11.5 Å². The highest BCUT2D eigenvalue weighted by atomic mass is 32.2. The second-order valence-corrected chi connectivity index (χ2v) is 10.8. The van der Waals surface area contributed by atoms with E-state index in [1.807, 2.05) is 24.3 Å². The molecule has 1 fully saturated rings. The van der Waals surface area contributed by atoms with Crippen LogP contribution in [0.4, 0.5) is 0 Å². The maximum absolute atomic E-state index is 12.2. The van der Waals surface area contributed by atoms with E-state index in [9.17, 15) is 18.3 Å². The van der Waals surface area contributed by atoms with Gasteiger partial charge in [-0.3, -0.25) is 14.8 Å². The molecule has 2 N–H and O–H groups in total. The average molecular weight is 508 g/mol. The molecular formula is C25H25N5O5S. The minimum atomic E-state index is -3.51. The number of aliphatic hydroxyl groups excluding tert-OH is 1. The van der Waals surface area contributed by atoms with E-state index in [-0.39, 0.29) is 23.5 Å². The highest BCUT2D eigenvalue weighted by molar-refractivity contribution is 7.90. The molecule has 1 aromatic carbocycles. The molecule has 3 aromatic heterocycles. The quantitative estimate of drug-likeness (QED) is 0.406. The molecule has 0 spiro atoms. The average Bonchev–Trinajstić information content (AvgIpc) is 3.51. The number of ether oxygens (including phenoxy) is 1. The number of aliphatic hydroxyl groups is 1. The number of amides is 1. The monoisotopic (exact) mass is 507 g/mol. The second kappa shape index (κ2) is 9.32. The summed E-state index contributed by atoms with van der Waals surface area (Å²) in [6.07, 6.45) is 4.92. The van der Waals surface area contributed by atoms with Crippen LogP contribution in [0.15, 0.2) is 53.8 Å². The van der Waals surface area contributed by atoms with Crippen molar-refractivity contribution in [2.45, 2.75) is 30.9 Å². The molecule has 1 aliphatic heterocycles. The van der Waals surface area contributed by atoms with E-state index in [1.54, 1.807) is 17.2 Å². The Morgan fingerprint density at radius 3 is 2.69 bits per heavy atom. The van der Waals surface area contributed by atoms with E-state index in [4.69, 9.17) is 4.74 Å².